The Morgan fingerprint density at radius 3 is 2.10 bits per heavy atom. The van der Waals surface area contributed by atoms with Crippen LogP contribution in [0.5, 0.6) is 17.2 Å². The number of nitrogens with two attached hydrogens (primary N) is 1. The van der Waals surface area contributed by atoms with Crippen LogP contribution in [-0.2, 0) is 0 Å². The van der Waals surface area contributed by atoms with E-state index in [2.05, 4.69) is 0 Å². The zero-order chi connectivity index (χ0) is 15.2. The maximum atomic E-state index is 6.42. The molecule has 0 aromatic heterocycles. The number of hydrogen-bond donors (Lipinski definition) is 1. The van der Waals surface area contributed by atoms with Gasteiger partial charge in [-0.2, -0.15) is 0 Å². The van der Waals surface area contributed by atoms with Crippen molar-refractivity contribution in [1.82, 2.24) is 0 Å². The first kappa shape index (κ1) is 16.0. The molecule has 0 heterocycles. The van der Waals surface area contributed by atoms with Crippen LogP contribution in [0.25, 0.3) is 0 Å². The third-order valence-corrected chi connectivity index (χ3v) is 4.48. The third kappa shape index (κ3) is 3.82. The lowest BCUT2D eigenvalue weighted by Crippen LogP contribution is -2.14. The summed E-state index contributed by atoms with van der Waals surface area (Å²) in [6.07, 6.45) is 7.58. The number of hydrogen-bond acceptors (Lipinski definition) is 4. The molecule has 1 aromatic carbocycles. The highest BCUT2D eigenvalue weighted by Crippen LogP contribution is 2.40. The van der Waals surface area contributed by atoms with Crippen molar-refractivity contribution in [1.29, 1.82) is 0 Å². The Hall–Kier alpha value is -1.42. The van der Waals surface area contributed by atoms with E-state index in [0.29, 0.717) is 0 Å². The van der Waals surface area contributed by atoms with E-state index < -0.39 is 0 Å². The molecule has 0 radical (unpaired) electrons. The molecule has 118 valence electrons. The van der Waals surface area contributed by atoms with Crippen molar-refractivity contribution in [2.75, 3.05) is 21.3 Å². The molecule has 1 aromatic rings. The molecule has 2 rings (SSSR count). The fraction of sp³-hybridized carbons (Fsp3) is 0.647. The van der Waals surface area contributed by atoms with Gasteiger partial charge in [-0.1, -0.05) is 25.7 Å². The van der Waals surface area contributed by atoms with Crippen LogP contribution in [0.4, 0.5) is 0 Å². The van der Waals surface area contributed by atoms with Gasteiger partial charge in [0.25, 0.3) is 0 Å². The molecular weight excluding hydrogens is 266 g/mol. The summed E-state index contributed by atoms with van der Waals surface area (Å²) >= 11 is 0. The van der Waals surface area contributed by atoms with Gasteiger partial charge in [-0.25, -0.2) is 0 Å². The van der Waals surface area contributed by atoms with Crippen LogP contribution >= 0.6 is 0 Å². The van der Waals surface area contributed by atoms with E-state index >= 15 is 0 Å². The summed E-state index contributed by atoms with van der Waals surface area (Å²) in [5, 5.41) is 0. The Morgan fingerprint density at radius 2 is 1.62 bits per heavy atom. The first-order valence-corrected chi connectivity index (χ1v) is 7.75. The highest BCUT2D eigenvalue weighted by molar-refractivity contribution is 5.52. The zero-order valence-corrected chi connectivity index (χ0v) is 13.4. The maximum Gasteiger partial charge on any atom is 0.131 e. The highest BCUT2D eigenvalue weighted by atomic mass is 16.5. The Bertz CT molecular complexity index is 430. The van der Waals surface area contributed by atoms with E-state index in [9.17, 15) is 0 Å². The van der Waals surface area contributed by atoms with Crippen molar-refractivity contribution in [2.45, 2.75) is 44.6 Å². The van der Waals surface area contributed by atoms with Crippen LogP contribution < -0.4 is 19.9 Å². The minimum atomic E-state index is -0.0681. The lowest BCUT2D eigenvalue weighted by molar-refractivity contribution is 0.358. The van der Waals surface area contributed by atoms with Gasteiger partial charge in [-0.05, 0) is 18.8 Å². The summed E-state index contributed by atoms with van der Waals surface area (Å²) < 4.78 is 16.2. The molecule has 0 saturated heterocycles. The second kappa shape index (κ2) is 7.55. The average Bonchev–Trinajstić information content (AvgIpc) is 3.04. The summed E-state index contributed by atoms with van der Waals surface area (Å²) in [7, 11) is 4.94. The van der Waals surface area contributed by atoms with Gasteiger partial charge in [0.2, 0.25) is 0 Å². The predicted octanol–water partition coefficient (Wildman–Crippen LogP) is 3.68. The molecule has 4 nitrogen and oxygen atoms in total. The van der Waals surface area contributed by atoms with E-state index in [1.165, 1.54) is 32.1 Å². The largest absolute Gasteiger partial charge is 0.496 e. The third-order valence-electron chi connectivity index (χ3n) is 4.48. The second-order valence-electron chi connectivity index (χ2n) is 5.78. The van der Waals surface area contributed by atoms with E-state index in [1.807, 2.05) is 12.1 Å². The second-order valence-corrected chi connectivity index (χ2v) is 5.78. The molecule has 0 spiro atoms. The minimum absolute atomic E-state index is 0.0681. The molecule has 4 heteroatoms. The molecule has 1 fully saturated rings. The van der Waals surface area contributed by atoms with Crippen LogP contribution in [-0.4, -0.2) is 21.3 Å². The Morgan fingerprint density at radius 1 is 1.05 bits per heavy atom. The lowest BCUT2D eigenvalue weighted by Gasteiger charge is -2.21. The fourth-order valence-corrected chi connectivity index (χ4v) is 3.26. The molecule has 1 atom stereocenters. The Balaban J connectivity index is 2.15. The number of rotatable bonds is 7. The molecule has 0 bridgehead atoms. The molecule has 1 aliphatic rings. The number of ether oxygens (including phenoxy) is 3. The van der Waals surface area contributed by atoms with Crippen LogP contribution in [0.1, 0.15) is 50.1 Å². The summed E-state index contributed by atoms with van der Waals surface area (Å²) in [6, 6.07) is 3.67. The molecule has 1 saturated carbocycles. The molecular formula is C17H27NO3. The fourth-order valence-electron chi connectivity index (χ4n) is 3.26. The SMILES string of the molecule is COc1cc(OC)c(C(N)CCC2CCCC2)c(OC)c1. The summed E-state index contributed by atoms with van der Waals surface area (Å²) in [5.41, 5.74) is 7.36. The highest BCUT2D eigenvalue weighted by Gasteiger charge is 2.22. The van der Waals surface area contributed by atoms with Crippen LogP contribution in [0, 0.1) is 5.92 Å². The van der Waals surface area contributed by atoms with E-state index in [0.717, 1.165) is 35.2 Å². The predicted molar refractivity (Wildman–Crippen MR) is 84.2 cm³/mol. The topological polar surface area (TPSA) is 53.7 Å². The van der Waals surface area contributed by atoms with Crippen molar-refractivity contribution >= 4 is 0 Å². The van der Waals surface area contributed by atoms with E-state index in [4.69, 9.17) is 19.9 Å². The van der Waals surface area contributed by atoms with Gasteiger partial charge in [0.1, 0.15) is 17.2 Å². The summed E-state index contributed by atoms with van der Waals surface area (Å²) in [6.45, 7) is 0. The van der Waals surface area contributed by atoms with Gasteiger partial charge >= 0.3 is 0 Å². The normalized spacial score (nSPS) is 16.8. The Labute approximate surface area is 127 Å². The monoisotopic (exact) mass is 293 g/mol. The first-order valence-electron chi connectivity index (χ1n) is 7.75. The van der Waals surface area contributed by atoms with E-state index in [-0.39, 0.29) is 6.04 Å². The van der Waals surface area contributed by atoms with Crippen LogP contribution in [0.3, 0.4) is 0 Å². The van der Waals surface area contributed by atoms with Gasteiger partial charge in [-0.15, -0.1) is 0 Å². The summed E-state index contributed by atoms with van der Waals surface area (Å²) in [5.74, 6) is 3.04. The van der Waals surface area contributed by atoms with Crippen molar-refractivity contribution in [2.24, 2.45) is 11.7 Å². The van der Waals surface area contributed by atoms with Gasteiger partial charge in [0.15, 0.2) is 0 Å². The smallest absolute Gasteiger partial charge is 0.131 e. The van der Waals surface area contributed by atoms with Crippen molar-refractivity contribution in [3.8, 4) is 17.2 Å². The van der Waals surface area contributed by atoms with Crippen molar-refractivity contribution in [3.05, 3.63) is 17.7 Å². The Kier molecular flexibility index (Phi) is 5.74. The van der Waals surface area contributed by atoms with Gasteiger partial charge in [-0.3, -0.25) is 0 Å². The number of benzene rings is 1. The van der Waals surface area contributed by atoms with Crippen molar-refractivity contribution in [3.63, 3.8) is 0 Å². The molecule has 2 N–H and O–H groups in total. The van der Waals surface area contributed by atoms with E-state index in [1.54, 1.807) is 21.3 Å². The maximum absolute atomic E-state index is 6.42. The molecule has 0 aliphatic heterocycles. The number of methoxy groups -OCH3 is 3. The van der Waals surface area contributed by atoms with Gasteiger partial charge in [0, 0.05) is 18.2 Å². The van der Waals surface area contributed by atoms with Crippen molar-refractivity contribution < 1.29 is 14.2 Å². The first-order chi connectivity index (χ1) is 10.2. The minimum Gasteiger partial charge on any atom is -0.496 e. The molecule has 0 amide bonds. The average molecular weight is 293 g/mol. The molecule has 1 unspecified atom stereocenters. The van der Waals surface area contributed by atoms with Crippen LogP contribution in [0.15, 0.2) is 12.1 Å². The van der Waals surface area contributed by atoms with Gasteiger partial charge < -0.3 is 19.9 Å². The van der Waals surface area contributed by atoms with Crippen LogP contribution in [0.2, 0.25) is 0 Å². The molecule has 21 heavy (non-hydrogen) atoms. The standard InChI is InChI=1S/C17H27NO3/c1-19-13-10-15(20-2)17(16(11-13)21-3)14(18)9-8-12-6-4-5-7-12/h10-12,14H,4-9,18H2,1-3H3. The zero-order valence-electron chi connectivity index (χ0n) is 13.4. The quantitative estimate of drug-likeness (QED) is 0.833. The lowest BCUT2D eigenvalue weighted by atomic mass is 9.94. The van der Waals surface area contributed by atoms with Gasteiger partial charge in [0.05, 0.1) is 26.9 Å². The molecule has 1 aliphatic carbocycles. The summed E-state index contributed by atoms with van der Waals surface area (Å²) in [4.78, 5) is 0.